The van der Waals surface area contributed by atoms with Gasteiger partial charge in [-0.2, -0.15) is 0 Å². The van der Waals surface area contributed by atoms with E-state index in [9.17, 15) is 4.79 Å². The van der Waals surface area contributed by atoms with Gasteiger partial charge in [0.05, 0.1) is 0 Å². The van der Waals surface area contributed by atoms with Gasteiger partial charge in [0, 0.05) is 24.8 Å². The van der Waals surface area contributed by atoms with Crippen LogP contribution in [0.1, 0.15) is 12.0 Å². The van der Waals surface area contributed by atoms with Gasteiger partial charge >= 0.3 is 6.03 Å². The summed E-state index contributed by atoms with van der Waals surface area (Å²) in [5, 5.41) is 6.13. The second-order valence-corrected chi connectivity index (χ2v) is 4.52. The summed E-state index contributed by atoms with van der Waals surface area (Å²) in [7, 11) is 1.94. The van der Waals surface area contributed by atoms with Crippen LogP contribution in [0.3, 0.4) is 0 Å². The molecule has 1 aliphatic rings. The highest BCUT2D eigenvalue weighted by Gasteiger charge is 2.24. The molecule has 1 aromatic carbocycles. The van der Waals surface area contributed by atoms with E-state index >= 15 is 0 Å². The highest BCUT2D eigenvalue weighted by atomic mass is 16.2. The number of hydrogen-bond acceptors (Lipinski definition) is 2. The van der Waals surface area contributed by atoms with Gasteiger partial charge in [0.15, 0.2) is 0 Å². The van der Waals surface area contributed by atoms with Gasteiger partial charge in [-0.3, -0.25) is 0 Å². The number of anilines is 1. The van der Waals surface area contributed by atoms with E-state index in [0.717, 1.165) is 30.8 Å². The standard InChI is InChI=1S/C13H19N3O/c1-10-4-3-5-11(8-10)15-13(17)16-7-6-12(9-16)14-2/h3-5,8,12,14H,6-7,9H2,1-2H3,(H,15,17). The van der Waals surface area contributed by atoms with E-state index in [1.807, 2.05) is 43.1 Å². The van der Waals surface area contributed by atoms with E-state index in [2.05, 4.69) is 10.6 Å². The van der Waals surface area contributed by atoms with Crippen molar-refractivity contribution in [1.82, 2.24) is 10.2 Å². The summed E-state index contributed by atoms with van der Waals surface area (Å²) in [6.07, 6.45) is 1.03. The van der Waals surface area contributed by atoms with Crippen LogP contribution >= 0.6 is 0 Å². The van der Waals surface area contributed by atoms with Gasteiger partial charge in [-0.15, -0.1) is 0 Å². The summed E-state index contributed by atoms with van der Waals surface area (Å²) in [5.74, 6) is 0. The summed E-state index contributed by atoms with van der Waals surface area (Å²) in [6.45, 7) is 3.62. The average Bonchev–Trinajstić information content (AvgIpc) is 2.77. The first-order chi connectivity index (χ1) is 8.19. The van der Waals surface area contributed by atoms with E-state index in [1.54, 1.807) is 0 Å². The van der Waals surface area contributed by atoms with Crippen molar-refractivity contribution in [2.45, 2.75) is 19.4 Å². The number of carbonyl (C=O) groups excluding carboxylic acids is 1. The van der Waals surface area contributed by atoms with Crippen molar-refractivity contribution < 1.29 is 4.79 Å². The number of nitrogens with zero attached hydrogens (tertiary/aromatic N) is 1. The molecule has 1 fully saturated rings. The summed E-state index contributed by atoms with van der Waals surface area (Å²) in [6, 6.07) is 8.28. The first kappa shape index (κ1) is 11.9. The maximum absolute atomic E-state index is 12.0. The Balaban J connectivity index is 1.93. The molecule has 1 unspecified atom stereocenters. The molecule has 0 bridgehead atoms. The van der Waals surface area contributed by atoms with Gasteiger partial charge in [0.2, 0.25) is 0 Å². The molecule has 92 valence electrons. The second-order valence-electron chi connectivity index (χ2n) is 4.52. The fraction of sp³-hybridized carbons (Fsp3) is 0.462. The lowest BCUT2D eigenvalue weighted by molar-refractivity contribution is 0.221. The van der Waals surface area contributed by atoms with Crippen LogP contribution in [0.5, 0.6) is 0 Å². The summed E-state index contributed by atoms with van der Waals surface area (Å²) >= 11 is 0. The summed E-state index contributed by atoms with van der Waals surface area (Å²) < 4.78 is 0. The van der Waals surface area contributed by atoms with E-state index in [1.165, 1.54) is 0 Å². The Hall–Kier alpha value is -1.55. The molecule has 4 heteroatoms. The molecule has 0 radical (unpaired) electrons. The number of rotatable bonds is 2. The molecular formula is C13H19N3O. The maximum atomic E-state index is 12.0. The zero-order valence-electron chi connectivity index (χ0n) is 10.4. The van der Waals surface area contributed by atoms with Gasteiger partial charge in [-0.1, -0.05) is 12.1 Å². The third kappa shape index (κ3) is 2.97. The van der Waals surface area contributed by atoms with Crippen LogP contribution in [0.15, 0.2) is 24.3 Å². The average molecular weight is 233 g/mol. The molecule has 0 saturated carbocycles. The first-order valence-electron chi connectivity index (χ1n) is 5.99. The molecule has 1 aromatic rings. The van der Waals surface area contributed by atoms with Crippen molar-refractivity contribution in [3.8, 4) is 0 Å². The van der Waals surface area contributed by atoms with Gasteiger partial charge in [0.1, 0.15) is 0 Å². The van der Waals surface area contributed by atoms with Crippen molar-refractivity contribution in [3.63, 3.8) is 0 Å². The highest BCUT2D eigenvalue weighted by molar-refractivity contribution is 5.89. The molecule has 2 rings (SSSR count). The zero-order chi connectivity index (χ0) is 12.3. The number of likely N-dealkylation sites (tertiary alicyclic amines) is 1. The molecule has 2 amide bonds. The lowest BCUT2D eigenvalue weighted by Gasteiger charge is -2.17. The molecule has 2 N–H and O–H groups in total. The van der Waals surface area contributed by atoms with Gasteiger partial charge in [-0.05, 0) is 38.1 Å². The summed E-state index contributed by atoms with van der Waals surface area (Å²) in [5.41, 5.74) is 2.01. The second kappa shape index (κ2) is 5.19. The number of likely N-dealkylation sites (N-methyl/N-ethyl adjacent to an activating group) is 1. The Morgan fingerprint density at radius 3 is 2.94 bits per heavy atom. The Labute approximate surface area is 102 Å². The van der Waals surface area contributed by atoms with Crippen LogP contribution in [0.4, 0.5) is 10.5 Å². The van der Waals surface area contributed by atoms with Crippen LogP contribution in [0.25, 0.3) is 0 Å². The number of nitrogens with one attached hydrogen (secondary N) is 2. The number of hydrogen-bond donors (Lipinski definition) is 2. The normalized spacial score (nSPS) is 19.4. The van der Waals surface area contributed by atoms with E-state index < -0.39 is 0 Å². The van der Waals surface area contributed by atoms with Crippen LogP contribution in [-0.2, 0) is 0 Å². The molecule has 1 aliphatic heterocycles. The fourth-order valence-electron chi connectivity index (χ4n) is 2.11. The predicted molar refractivity (Wildman–Crippen MR) is 69.2 cm³/mol. The molecule has 0 aliphatic carbocycles. The van der Waals surface area contributed by atoms with Crippen molar-refractivity contribution in [1.29, 1.82) is 0 Å². The monoisotopic (exact) mass is 233 g/mol. The Bertz CT molecular complexity index is 405. The fourth-order valence-corrected chi connectivity index (χ4v) is 2.11. The number of amides is 2. The third-order valence-electron chi connectivity index (χ3n) is 3.15. The van der Waals surface area contributed by atoms with Crippen LogP contribution in [0.2, 0.25) is 0 Å². The quantitative estimate of drug-likeness (QED) is 0.818. The van der Waals surface area contributed by atoms with Crippen molar-refractivity contribution >= 4 is 11.7 Å². The molecule has 1 saturated heterocycles. The SMILES string of the molecule is CNC1CCN(C(=O)Nc2cccc(C)c2)C1. The largest absolute Gasteiger partial charge is 0.323 e. The Morgan fingerprint density at radius 2 is 2.29 bits per heavy atom. The molecule has 0 spiro atoms. The molecule has 0 aromatic heterocycles. The minimum absolute atomic E-state index is 0.00616. The first-order valence-corrected chi connectivity index (χ1v) is 5.99. The predicted octanol–water partition coefficient (Wildman–Crippen LogP) is 1.82. The Kier molecular flexibility index (Phi) is 3.64. The van der Waals surface area contributed by atoms with Crippen molar-refractivity contribution in [3.05, 3.63) is 29.8 Å². The minimum atomic E-state index is -0.00616. The van der Waals surface area contributed by atoms with E-state index in [4.69, 9.17) is 0 Å². The minimum Gasteiger partial charge on any atom is -0.323 e. The zero-order valence-corrected chi connectivity index (χ0v) is 10.4. The Morgan fingerprint density at radius 1 is 1.47 bits per heavy atom. The topological polar surface area (TPSA) is 44.4 Å². The molecule has 1 heterocycles. The number of urea groups is 1. The number of carbonyl (C=O) groups is 1. The lowest BCUT2D eigenvalue weighted by Crippen LogP contribution is -2.36. The van der Waals surface area contributed by atoms with Crippen LogP contribution in [-0.4, -0.2) is 37.1 Å². The van der Waals surface area contributed by atoms with Crippen LogP contribution < -0.4 is 10.6 Å². The number of benzene rings is 1. The highest BCUT2D eigenvalue weighted by Crippen LogP contribution is 2.13. The smallest absolute Gasteiger partial charge is 0.321 e. The van der Waals surface area contributed by atoms with Crippen LogP contribution in [0, 0.1) is 6.92 Å². The van der Waals surface area contributed by atoms with Gasteiger partial charge < -0.3 is 15.5 Å². The summed E-state index contributed by atoms with van der Waals surface area (Å²) in [4.78, 5) is 13.8. The van der Waals surface area contributed by atoms with Crippen molar-refractivity contribution in [2.75, 3.05) is 25.5 Å². The van der Waals surface area contributed by atoms with Gasteiger partial charge in [0.25, 0.3) is 0 Å². The molecule has 1 atom stereocenters. The molecule has 4 nitrogen and oxygen atoms in total. The van der Waals surface area contributed by atoms with E-state index in [0.29, 0.717) is 6.04 Å². The molecular weight excluding hydrogens is 214 g/mol. The molecule has 17 heavy (non-hydrogen) atoms. The maximum Gasteiger partial charge on any atom is 0.321 e. The van der Waals surface area contributed by atoms with Crippen molar-refractivity contribution in [2.24, 2.45) is 0 Å². The third-order valence-corrected chi connectivity index (χ3v) is 3.15. The number of aryl methyl sites for hydroxylation is 1. The van der Waals surface area contributed by atoms with E-state index in [-0.39, 0.29) is 6.03 Å². The lowest BCUT2D eigenvalue weighted by atomic mass is 10.2. The van der Waals surface area contributed by atoms with Gasteiger partial charge in [-0.25, -0.2) is 4.79 Å².